The summed E-state index contributed by atoms with van der Waals surface area (Å²) in [5, 5.41) is 2.81. The third-order valence-electron chi connectivity index (χ3n) is 4.32. The van der Waals surface area contributed by atoms with Crippen molar-refractivity contribution in [3.05, 3.63) is 54.1 Å². The van der Waals surface area contributed by atoms with E-state index in [0.717, 1.165) is 5.75 Å². The minimum atomic E-state index is -3.62. The normalized spacial score (nSPS) is 11.9. The smallest absolute Gasteiger partial charge is 0.255 e. The van der Waals surface area contributed by atoms with Gasteiger partial charge in [-0.3, -0.25) is 4.79 Å². The van der Waals surface area contributed by atoms with Gasteiger partial charge in [-0.25, -0.2) is 8.42 Å². The Morgan fingerprint density at radius 3 is 1.93 bits per heavy atom. The van der Waals surface area contributed by atoms with E-state index in [0.29, 0.717) is 30.9 Å². The number of anilines is 1. The fourth-order valence-corrected chi connectivity index (χ4v) is 4.78. The van der Waals surface area contributed by atoms with Crippen molar-refractivity contribution in [2.24, 2.45) is 11.8 Å². The molecular formula is C23H32N2O4S. The highest BCUT2D eigenvalue weighted by Gasteiger charge is 2.26. The Balaban J connectivity index is 2.14. The first-order valence-electron chi connectivity index (χ1n) is 10.3. The topological polar surface area (TPSA) is 75.7 Å². The summed E-state index contributed by atoms with van der Waals surface area (Å²) in [5.41, 5.74) is 1.03. The minimum absolute atomic E-state index is 0.196. The molecule has 2 aromatic carbocycles. The van der Waals surface area contributed by atoms with Crippen molar-refractivity contribution in [3.8, 4) is 5.75 Å². The van der Waals surface area contributed by atoms with Gasteiger partial charge in [-0.1, -0.05) is 27.7 Å². The SMILES string of the molecule is CCOc1ccc(NC(=O)c2ccc(S(=O)(=O)N(CC(C)C)CC(C)C)cc2)cc1. The van der Waals surface area contributed by atoms with Gasteiger partial charge in [0.1, 0.15) is 5.75 Å². The number of hydrogen-bond donors (Lipinski definition) is 1. The number of ether oxygens (including phenoxy) is 1. The summed E-state index contributed by atoms with van der Waals surface area (Å²) < 4.78 is 33.1. The van der Waals surface area contributed by atoms with Crippen LogP contribution in [-0.2, 0) is 10.0 Å². The molecule has 164 valence electrons. The van der Waals surface area contributed by atoms with Gasteiger partial charge in [0.15, 0.2) is 0 Å². The molecule has 0 fully saturated rings. The first-order chi connectivity index (χ1) is 14.1. The average Bonchev–Trinajstić information content (AvgIpc) is 2.68. The maximum atomic E-state index is 13.1. The predicted octanol–water partition coefficient (Wildman–Crippen LogP) is 4.64. The van der Waals surface area contributed by atoms with Crippen molar-refractivity contribution in [2.75, 3.05) is 25.0 Å². The summed E-state index contributed by atoms with van der Waals surface area (Å²) in [7, 11) is -3.62. The molecule has 0 aliphatic carbocycles. The number of hydrogen-bond acceptors (Lipinski definition) is 4. The molecule has 6 nitrogen and oxygen atoms in total. The van der Waals surface area contributed by atoms with Gasteiger partial charge < -0.3 is 10.1 Å². The van der Waals surface area contributed by atoms with E-state index in [2.05, 4.69) is 5.32 Å². The van der Waals surface area contributed by atoms with Crippen LogP contribution >= 0.6 is 0 Å². The van der Waals surface area contributed by atoms with Crippen LogP contribution in [0.1, 0.15) is 45.0 Å². The number of sulfonamides is 1. The standard InChI is InChI=1S/C23H32N2O4S/c1-6-29-21-11-9-20(10-12-21)24-23(26)19-7-13-22(14-8-19)30(27,28)25(15-17(2)3)16-18(4)5/h7-14,17-18H,6,15-16H2,1-5H3,(H,24,26). The van der Waals surface area contributed by atoms with Crippen molar-refractivity contribution in [1.29, 1.82) is 0 Å². The number of benzene rings is 2. The van der Waals surface area contributed by atoms with E-state index in [1.165, 1.54) is 16.4 Å². The highest BCUT2D eigenvalue weighted by atomic mass is 32.2. The quantitative estimate of drug-likeness (QED) is 0.593. The van der Waals surface area contributed by atoms with E-state index in [1.807, 2.05) is 34.6 Å². The highest BCUT2D eigenvalue weighted by molar-refractivity contribution is 7.89. The van der Waals surface area contributed by atoms with Crippen LogP contribution in [0.3, 0.4) is 0 Å². The Morgan fingerprint density at radius 2 is 1.47 bits per heavy atom. The van der Waals surface area contributed by atoms with Crippen molar-refractivity contribution in [3.63, 3.8) is 0 Å². The van der Waals surface area contributed by atoms with E-state index >= 15 is 0 Å². The molecule has 1 amide bonds. The van der Waals surface area contributed by atoms with Gasteiger partial charge in [0.25, 0.3) is 5.91 Å². The lowest BCUT2D eigenvalue weighted by molar-refractivity contribution is 0.102. The molecule has 0 aromatic heterocycles. The molecular weight excluding hydrogens is 400 g/mol. The Kier molecular flexibility index (Phi) is 8.43. The Hall–Kier alpha value is -2.38. The van der Waals surface area contributed by atoms with E-state index < -0.39 is 10.0 Å². The first-order valence-corrected chi connectivity index (χ1v) is 11.7. The molecule has 0 unspecified atom stereocenters. The lowest BCUT2D eigenvalue weighted by Gasteiger charge is -2.25. The first kappa shape index (κ1) is 23.9. The van der Waals surface area contributed by atoms with Crippen LogP contribution in [-0.4, -0.2) is 38.3 Å². The summed E-state index contributed by atoms with van der Waals surface area (Å²) in [6.45, 7) is 11.4. The van der Waals surface area contributed by atoms with Gasteiger partial charge in [-0.05, 0) is 67.3 Å². The fraction of sp³-hybridized carbons (Fsp3) is 0.435. The summed E-state index contributed by atoms with van der Waals surface area (Å²) in [4.78, 5) is 12.7. The number of nitrogens with one attached hydrogen (secondary N) is 1. The summed E-state index contributed by atoms with van der Waals surface area (Å²) in [6.07, 6.45) is 0. The molecule has 0 spiro atoms. The van der Waals surface area contributed by atoms with Gasteiger partial charge in [-0.15, -0.1) is 0 Å². The van der Waals surface area contributed by atoms with Crippen molar-refractivity contribution in [1.82, 2.24) is 4.31 Å². The molecule has 0 saturated carbocycles. The van der Waals surface area contributed by atoms with Crippen LogP contribution in [0.4, 0.5) is 5.69 Å². The van der Waals surface area contributed by atoms with Gasteiger partial charge >= 0.3 is 0 Å². The third-order valence-corrected chi connectivity index (χ3v) is 6.16. The van der Waals surface area contributed by atoms with Crippen LogP contribution in [0, 0.1) is 11.8 Å². The predicted molar refractivity (Wildman–Crippen MR) is 120 cm³/mol. The number of rotatable bonds is 10. The maximum absolute atomic E-state index is 13.1. The fourth-order valence-electron chi connectivity index (χ4n) is 3.02. The molecule has 0 radical (unpaired) electrons. The zero-order valence-electron chi connectivity index (χ0n) is 18.4. The largest absolute Gasteiger partial charge is 0.494 e. The second-order valence-electron chi connectivity index (χ2n) is 8.05. The third kappa shape index (κ3) is 6.57. The van der Waals surface area contributed by atoms with Gasteiger partial charge in [0.05, 0.1) is 11.5 Å². The van der Waals surface area contributed by atoms with Crippen molar-refractivity contribution < 1.29 is 17.9 Å². The Labute approximate surface area is 180 Å². The molecule has 7 heteroatoms. The Bertz CT molecular complexity index is 911. The number of amides is 1. The molecule has 1 N–H and O–H groups in total. The van der Waals surface area contributed by atoms with E-state index in [1.54, 1.807) is 36.4 Å². The zero-order chi connectivity index (χ0) is 22.3. The lowest BCUT2D eigenvalue weighted by atomic mass is 10.2. The second kappa shape index (κ2) is 10.6. The summed E-state index contributed by atoms with van der Waals surface area (Å²) >= 11 is 0. The number of carbonyl (C=O) groups excluding carboxylic acids is 1. The lowest BCUT2D eigenvalue weighted by Crippen LogP contribution is -2.37. The summed E-state index contributed by atoms with van der Waals surface area (Å²) in [6, 6.07) is 13.2. The van der Waals surface area contributed by atoms with Crippen molar-refractivity contribution in [2.45, 2.75) is 39.5 Å². The van der Waals surface area contributed by atoms with Crippen LogP contribution in [0.25, 0.3) is 0 Å². The van der Waals surface area contributed by atoms with Crippen LogP contribution in [0.2, 0.25) is 0 Å². The zero-order valence-corrected chi connectivity index (χ0v) is 19.2. The second-order valence-corrected chi connectivity index (χ2v) is 9.98. The molecule has 0 bridgehead atoms. The van der Waals surface area contributed by atoms with E-state index in [4.69, 9.17) is 4.74 Å². The van der Waals surface area contributed by atoms with E-state index in [9.17, 15) is 13.2 Å². The van der Waals surface area contributed by atoms with Crippen LogP contribution in [0.15, 0.2) is 53.4 Å². The highest BCUT2D eigenvalue weighted by Crippen LogP contribution is 2.21. The minimum Gasteiger partial charge on any atom is -0.494 e. The monoisotopic (exact) mass is 432 g/mol. The van der Waals surface area contributed by atoms with Gasteiger partial charge in [-0.2, -0.15) is 4.31 Å². The molecule has 0 heterocycles. The van der Waals surface area contributed by atoms with Gasteiger partial charge in [0.2, 0.25) is 10.0 Å². The van der Waals surface area contributed by atoms with Crippen molar-refractivity contribution >= 4 is 21.6 Å². The van der Waals surface area contributed by atoms with E-state index in [-0.39, 0.29) is 22.6 Å². The van der Waals surface area contributed by atoms with Crippen LogP contribution in [0.5, 0.6) is 5.75 Å². The molecule has 0 aliphatic rings. The summed E-state index contributed by atoms with van der Waals surface area (Å²) in [5.74, 6) is 0.872. The maximum Gasteiger partial charge on any atom is 0.255 e. The van der Waals surface area contributed by atoms with Gasteiger partial charge in [0, 0.05) is 24.3 Å². The average molecular weight is 433 g/mol. The molecule has 0 atom stereocenters. The molecule has 30 heavy (non-hydrogen) atoms. The molecule has 0 saturated heterocycles. The molecule has 0 aliphatic heterocycles. The number of carbonyl (C=O) groups is 1. The van der Waals surface area contributed by atoms with Crippen LogP contribution < -0.4 is 10.1 Å². The molecule has 2 rings (SSSR count). The number of nitrogens with zero attached hydrogens (tertiary/aromatic N) is 1. The Morgan fingerprint density at radius 1 is 0.933 bits per heavy atom. The molecule has 2 aromatic rings.